The second-order valence-corrected chi connectivity index (χ2v) is 7.07. The van der Waals surface area contributed by atoms with Crippen LogP contribution in [-0.2, 0) is 0 Å². The molecule has 3 aromatic rings. The molecule has 2 N–H and O–H groups in total. The summed E-state index contributed by atoms with van der Waals surface area (Å²) in [7, 11) is 1.53. The number of aryl methyl sites for hydroxylation is 1. The van der Waals surface area contributed by atoms with Crippen molar-refractivity contribution in [2.24, 2.45) is 0 Å². The summed E-state index contributed by atoms with van der Waals surface area (Å²) in [5, 5.41) is 5.68. The molecule has 2 amide bonds. The van der Waals surface area contributed by atoms with Gasteiger partial charge in [-0.1, -0.05) is 40.2 Å². The molecule has 0 aliphatic carbocycles. The maximum Gasteiger partial charge on any atom is 0.259 e. The van der Waals surface area contributed by atoms with Crippen LogP contribution in [-0.4, -0.2) is 18.9 Å². The molecule has 0 fully saturated rings. The van der Waals surface area contributed by atoms with Crippen LogP contribution in [0.15, 0.2) is 71.2 Å². The fourth-order valence-electron chi connectivity index (χ4n) is 2.84. The number of anilines is 2. The molecule has 0 aromatic heterocycles. The molecule has 0 spiro atoms. The van der Waals surface area contributed by atoms with E-state index in [1.54, 1.807) is 54.6 Å². The topological polar surface area (TPSA) is 67.4 Å². The zero-order chi connectivity index (χ0) is 20.1. The van der Waals surface area contributed by atoms with E-state index in [1.165, 1.54) is 7.11 Å². The Kier molecular flexibility index (Phi) is 6.11. The monoisotopic (exact) mass is 438 g/mol. The lowest BCUT2D eigenvalue weighted by atomic mass is 10.1. The minimum Gasteiger partial charge on any atom is -0.496 e. The molecule has 0 unspecified atom stereocenters. The molecule has 3 rings (SSSR count). The Morgan fingerprint density at radius 1 is 0.857 bits per heavy atom. The van der Waals surface area contributed by atoms with Crippen LogP contribution in [0, 0.1) is 6.92 Å². The van der Waals surface area contributed by atoms with Gasteiger partial charge in [0.1, 0.15) is 5.75 Å². The second kappa shape index (κ2) is 8.71. The lowest BCUT2D eigenvalue weighted by Crippen LogP contribution is -2.15. The molecule has 0 bridgehead atoms. The van der Waals surface area contributed by atoms with Gasteiger partial charge in [0.25, 0.3) is 11.8 Å². The van der Waals surface area contributed by atoms with E-state index in [-0.39, 0.29) is 11.8 Å². The van der Waals surface area contributed by atoms with Crippen LogP contribution in [0.3, 0.4) is 0 Å². The number of carbonyl (C=O) groups excluding carboxylic acids is 2. The van der Waals surface area contributed by atoms with Crippen LogP contribution in [0.25, 0.3) is 0 Å². The summed E-state index contributed by atoms with van der Waals surface area (Å²) in [6, 6.07) is 19.5. The molecular formula is C22H19BrN2O3. The Morgan fingerprint density at radius 2 is 1.50 bits per heavy atom. The van der Waals surface area contributed by atoms with Crippen LogP contribution < -0.4 is 15.4 Å². The number of carbonyl (C=O) groups is 2. The Labute approximate surface area is 171 Å². The molecule has 6 heteroatoms. The average molecular weight is 439 g/mol. The molecule has 0 aliphatic heterocycles. The quantitative estimate of drug-likeness (QED) is 0.569. The molecule has 0 radical (unpaired) electrons. The van der Waals surface area contributed by atoms with Crippen molar-refractivity contribution in [3.63, 3.8) is 0 Å². The van der Waals surface area contributed by atoms with E-state index >= 15 is 0 Å². The summed E-state index contributed by atoms with van der Waals surface area (Å²) in [6.07, 6.45) is 0. The minimum absolute atomic E-state index is 0.214. The summed E-state index contributed by atoms with van der Waals surface area (Å²) in [4.78, 5) is 25.1. The third kappa shape index (κ3) is 4.58. The van der Waals surface area contributed by atoms with Crippen LogP contribution in [0.5, 0.6) is 5.75 Å². The van der Waals surface area contributed by atoms with Gasteiger partial charge >= 0.3 is 0 Å². The van der Waals surface area contributed by atoms with Gasteiger partial charge in [0.2, 0.25) is 0 Å². The maximum atomic E-state index is 12.8. The Hall–Kier alpha value is -3.12. The summed E-state index contributed by atoms with van der Waals surface area (Å²) in [6.45, 7) is 1.88. The predicted octanol–water partition coefficient (Wildman–Crippen LogP) is 5.27. The van der Waals surface area contributed by atoms with E-state index < -0.39 is 0 Å². The van der Waals surface area contributed by atoms with Crippen molar-refractivity contribution in [3.8, 4) is 5.75 Å². The van der Waals surface area contributed by atoms with Crippen molar-refractivity contribution in [3.05, 3.63) is 87.9 Å². The number of hydrogen-bond donors (Lipinski definition) is 2. The summed E-state index contributed by atoms with van der Waals surface area (Å²) in [5.74, 6) is 0.00961. The maximum absolute atomic E-state index is 12.8. The molecule has 0 atom stereocenters. The number of benzene rings is 3. The van der Waals surface area contributed by atoms with Gasteiger partial charge in [-0.25, -0.2) is 0 Å². The molecular weight excluding hydrogens is 420 g/mol. The molecule has 0 saturated heterocycles. The highest BCUT2D eigenvalue weighted by Crippen LogP contribution is 2.28. The summed E-state index contributed by atoms with van der Waals surface area (Å²) < 4.78 is 6.17. The van der Waals surface area contributed by atoms with E-state index in [4.69, 9.17) is 4.74 Å². The number of halogens is 1. The first-order valence-electron chi connectivity index (χ1n) is 8.60. The van der Waals surface area contributed by atoms with Crippen LogP contribution >= 0.6 is 15.9 Å². The highest BCUT2D eigenvalue weighted by molar-refractivity contribution is 9.10. The fraction of sp³-hybridized carbons (Fsp3) is 0.0909. The number of rotatable bonds is 5. The van der Waals surface area contributed by atoms with Crippen LogP contribution in [0.2, 0.25) is 0 Å². The number of nitrogens with one attached hydrogen (secondary N) is 2. The molecule has 5 nitrogen and oxygen atoms in total. The van der Waals surface area contributed by atoms with Crippen molar-refractivity contribution in [1.29, 1.82) is 0 Å². The zero-order valence-corrected chi connectivity index (χ0v) is 17.0. The van der Waals surface area contributed by atoms with E-state index in [1.807, 2.05) is 19.1 Å². The van der Waals surface area contributed by atoms with E-state index in [0.29, 0.717) is 28.3 Å². The van der Waals surface area contributed by atoms with Gasteiger partial charge in [-0.3, -0.25) is 9.59 Å². The Bertz CT molecular complexity index is 1020. The number of methoxy groups -OCH3 is 1. The number of ether oxygens (including phenoxy) is 1. The summed E-state index contributed by atoms with van der Waals surface area (Å²) >= 11 is 3.41. The molecule has 3 aromatic carbocycles. The SMILES string of the molecule is COc1c(C)cc(Br)cc1C(=O)Nc1cccc(NC(=O)c2ccccc2)c1. The lowest BCUT2D eigenvalue weighted by molar-refractivity contribution is 0.101. The number of amides is 2. The second-order valence-electron chi connectivity index (χ2n) is 6.16. The van der Waals surface area contributed by atoms with Crippen molar-refractivity contribution >= 4 is 39.1 Å². The van der Waals surface area contributed by atoms with Crippen molar-refractivity contribution in [2.75, 3.05) is 17.7 Å². The smallest absolute Gasteiger partial charge is 0.259 e. The largest absolute Gasteiger partial charge is 0.496 e. The molecule has 0 aliphatic rings. The Morgan fingerprint density at radius 3 is 2.14 bits per heavy atom. The molecule has 0 saturated carbocycles. The average Bonchev–Trinajstić information content (AvgIpc) is 2.68. The van der Waals surface area contributed by atoms with Crippen molar-refractivity contribution in [1.82, 2.24) is 0 Å². The van der Waals surface area contributed by atoms with Crippen LogP contribution in [0.1, 0.15) is 26.3 Å². The number of hydrogen-bond acceptors (Lipinski definition) is 3. The van der Waals surface area contributed by atoms with Gasteiger partial charge in [-0.05, 0) is 55.0 Å². The highest BCUT2D eigenvalue weighted by Gasteiger charge is 2.16. The van der Waals surface area contributed by atoms with Crippen molar-refractivity contribution in [2.45, 2.75) is 6.92 Å². The summed E-state index contributed by atoms with van der Waals surface area (Å²) in [5.41, 5.74) is 2.99. The fourth-order valence-corrected chi connectivity index (χ4v) is 3.41. The first-order chi connectivity index (χ1) is 13.5. The normalized spacial score (nSPS) is 10.2. The predicted molar refractivity (Wildman–Crippen MR) is 114 cm³/mol. The lowest BCUT2D eigenvalue weighted by Gasteiger charge is -2.13. The van der Waals surface area contributed by atoms with Gasteiger partial charge in [-0.2, -0.15) is 0 Å². The van der Waals surface area contributed by atoms with Crippen molar-refractivity contribution < 1.29 is 14.3 Å². The first kappa shape index (κ1) is 19.6. The van der Waals surface area contributed by atoms with Gasteiger partial charge in [0.05, 0.1) is 12.7 Å². The molecule has 28 heavy (non-hydrogen) atoms. The third-order valence-electron chi connectivity index (χ3n) is 4.10. The zero-order valence-electron chi connectivity index (χ0n) is 15.5. The molecule has 0 heterocycles. The molecule has 142 valence electrons. The minimum atomic E-state index is -0.298. The first-order valence-corrected chi connectivity index (χ1v) is 9.39. The van der Waals surface area contributed by atoms with Gasteiger partial charge < -0.3 is 15.4 Å². The van der Waals surface area contributed by atoms with Gasteiger partial charge in [0, 0.05) is 21.4 Å². The van der Waals surface area contributed by atoms with Gasteiger partial charge in [0.15, 0.2) is 0 Å². The highest BCUT2D eigenvalue weighted by atomic mass is 79.9. The van der Waals surface area contributed by atoms with E-state index in [2.05, 4.69) is 26.6 Å². The third-order valence-corrected chi connectivity index (χ3v) is 4.56. The van der Waals surface area contributed by atoms with E-state index in [0.717, 1.165) is 10.0 Å². The van der Waals surface area contributed by atoms with Gasteiger partial charge in [-0.15, -0.1) is 0 Å². The Balaban J connectivity index is 1.78. The van der Waals surface area contributed by atoms with Crippen LogP contribution in [0.4, 0.5) is 11.4 Å². The standard InChI is InChI=1S/C22H19BrN2O3/c1-14-11-16(23)12-19(20(14)28-2)22(27)25-18-10-6-9-17(13-18)24-21(26)15-7-4-3-5-8-15/h3-13H,1-2H3,(H,24,26)(H,25,27). The van der Waals surface area contributed by atoms with E-state index in [9.17, 15) is 9.59 Å².